The van der Waals surface area contributed by atoms with Gasteiger partial charge in [-0.2, -0.15) is 8.42 Å². The second-order valence-corrected chi connectivity index (χ2v) is 3.52. The zero-order valence-corrected chi connectivity index (χ0v) is 8.44. The van der Waals surface area contributed by atoms with Crippen LogP contribution in [0.25, 0.3) is 0 Å². The van der Waals surface area contributed by atoms with Gasteiger partial charge in [-0.3, -0.25) is 4.18 Å². The quantitative estimate of drug-likeness (QED) is 0.425. The molecule has 0 aliphatic rings. The Bertz CT molecular complexity index is 152. The molecule has 0 aliphatic carbocycles. The molecule has 66 valence electrons. The van der Waals surface area contributed by atoms with Crippen LogP contribution in [-0.4, -0.2) is 21.3 Å². The van der Waals surface area contributed by atoms with Crippen LogP contribution in [0, 0.1) is 0 Å². The molecular formula is C5H12O3PdS. The van der Waals surface area contributed by atoms with Gasteiger partial charge in [0.15, 0.2) is 0 Å². The predicted molar refractivity (Wildman–Crippen MR) is 35.7 cm³/mol. The molecule has 0 atom stereocenters. The first-order valence-corrected chi connectivity index (χ1v) is 4.72. The van der Waals surface area contributed by atoms with Gasteiger partial charge in [-0.05, 0) is 6.42 Å². The Morgan fingerprint density at radius 2 is 1.90 bits per heavy atom. The van der Waals surface area contributed by atoms with E-state index in [0.717, 1.165) is 19.1 Å². The molecule has 3 nitrogen and oxygen atoms in total. The summed E-state index contributed by atoms with van der Waals surface area (Å²) in [5.41, 5.74) is 0. The average Bonchev–Trinajstić information content (AvgIpc) is 1.63. The van der Waals surface area contributed by atoms with Crippen molar-refractivity contribution in [2.75, 3.05) is 12.9 Å². The Morgan fingerprint density at radius 3 is 2.20 bits per heavy atom. The molecular weight excluding hydrogens is 247 g/mol. The van der Waals surface area contributed by atoms with E-state index in [2.05, 4.69) is 4.18 Å². The van der Waals surface area contributed by atoms with Gasteiger partial charge in [0.25, 0.3) is 10.1 Å². The minimum Gasteiger partial charge on any atom is -0.270 e. The smallest absolute Gasteiger partial charge is 0.264 e. The molecule has 0 saturated carbocycles. The Balaban J connectivity index is 0. The zero-order chi connectivity index (χ0) is 7.33. The average molecular weight is 259 g/mol. The first-order chi connectivity index (χ1) is 4.06. The van der Waals surface area contributed by atoms with Crippen molar-refractivity contribution in [2.45, 2.75) is 19.8 Å². The van der Waals surface area contributed by atoms with E-state index in [4.69, 9.17) is 0 Å². The molecule has 0 spiro atoms. The summed E-state index contributed by atoms with van der Waals surface area (Å²) in [5, 5.41) is 0. The Kier molecular flexibility index (Phi) is 8.30. The minimum atomic E-state index is -3.20. The fourth-order valence-electron chi connectivity index (χ4n) is 0.355. The molecule has 0 bridgehead atoms. The van der Waals surface area contributed by atoms with E-state index in [-0.39, 0.29) is 20.4 Å². The first-order valence-electron chi connectivity index (χ1n) is 2.90. The number of hydrogen-bond acceptors (Lipinski definition) is 3. The van der Waals surface area contributed by atoms with Crippen LogP contribution in [-0.2, 0) is 34.7 Å². The summed E-state index contributed by atoms with van der Waals surface area (Å²) in [6, 6.07) is 0. The van der Waals surface area contributed by atoms with Gasteiger partial charge >= 0.3 is 0 Å². The Morgan fingerprint density at radius 1 is 1.40 bits per heavy atom. The van der Waals surface area contributed by atoms with E-state index in [1.165, 1.54) is 0 Å². The van der Waals surface area contributed by atoms with Gasteiger partial charge in [0.05, 0.1) is 12.9 Å². The molecule has 0 aromatic carbocycles. The fourth-order valence-corrected chi connectivity index (χ4v) is 0.775. The second kappa shape index (κ2) is 6.29. The van der Waals surface area contributed by atoms with Crippen molar-refractivity contribution in [1.82, 2.24) is 0 Å². The SMILES string of the molecule is CCCCOS(C)(=O)=O.[Pd]. The van der Waals surface area contributed by atoms with Crippen LogP contribution in [0.3, 0.4) is 0 Å². The fraction of sp³-hybridized carbons (Fsp3) is 1.00. The standard InChI is InChI=1S/C5H12O3S.Pd/c1-3-4-5-8-9(2,6)7;/h3-5H2,1-2H3;. The normalized spacial score (nSPS) is 10.6. The summed E-state index contributed by atoms with van der Waals surface area (Å²) in [7, 11) is -3.20. The minimum absolute atomic E-state index is 0. The van der Waals surface area contributed by atoms with Crippen molar-refractivity contribution in [3.05, 3.63) is 0 Å². The third-order valence-electron chi connectivity index (χ3n) is 0.795. The van der Waals surface area contributed by atoms with Gasteiger partial charge in [-0.15, -0.1) is 0 Å². The largest absolute Gasteiger partial charge is 0.270 e. The number of unbranched alkanes of at least 4 members (excludes halogenated alkanes) is 1. The van der Waals surface area contributed by atoms with Crippen molar-refractivity contribution in [3.63, 3.8) is 0 Å². The number of hydrogen-bond donors (Lipinski definition) is 0. The van der Waals surface area contributed by atoms with Crippen LogP contribution < -0.4 is 0 Å². The van der Waals surface area contributed by atoms with E-state index < -0.39 is 10.1 Å². The number of rotatable bonds is 4. The Labute approximate surface area is 75.9 Å². The van der Waals surface area contributed by atoms with Crippen molar-refractivity contribution in [1.29, 1.82) is 0 Å². The molecule has 0 aliphatic heterocycles. The molecule has 0 N–H and O–H groups in total. The monoisotopic (exact) mass is 258 g/mol. The van der Waals surface area contributed by atoms with Crippen LogP contribution in [0.5, 0.6) is 0 Å². The van der Waals surface area contributed by atoms with E-state index >= 15 is 0 Å². The third kappa shape index (κ3) is 11.4. The molecule has 0 saturated heterocycles. The molecule has 0 fully saturated rings. The maximum Gasteiger partial charge on any atom is 0.264 e. The van der Waals surface area contributed by atoms with E-state index in [1.54, 1.807) is 0 Å². The first kappa shape index (κ1) is 13.2. The summed E-state index contributed by atoms with van der Waals surface area (Å²) in [4.78, 5) is 0. The summed E-state index contributed by atoms with van der Waals surface area (Å²) in [6.45, 7) is 2.29. The van der Waals surface area contributed by atoms with Crippen LogP contribution in [0.2, 0.25) is 0 Å². The van der Waals surface area contributed by atoms with Crippen LogP contribution >= 0.6 is 0 Å². The van der Waals surface area contributed by atoms with Crippen molar-refractivity contribution < 1.29 is 33.0 Å². The molecule has 0 aromatic rings. The van der Waals surface area contributed by atoms with Gasteiger partial charge in [0.2, 0.25) is 0 Å². The topological polar surface area (TPSA) is 43.4 Å². The molecule has 0 aromatic heterocycles. The van der Waals surface area contributed by atoms with Crippen molar-refractivity contribution in [3.8, 4) is 0 Å². The van der Waals surface area contributed by atoms with E-state index in [9.17, 15) is 8.42 Å². The van der Waals surface area contributed by atoms with Gasteiger partial charge in [0, 0.05) is 20.4 Å². The molecule has 5 heteroatoms. The van der Waals surface area contributed by atoms with Gasteiger partial charge in [-0.25, -0.2) is 0 Å². The second-order valence-electron chi connectivity index (χ2n) is 1.88. The van der Waals surface area contributed by atoms with Gasteiger partial charge in [-0.1, -0.05) is 13.3 Å². The summed E-state index contributed by atoms with van der Waals surface area (Å²) in [5.74, 6) is 0. The van der Waals surface area contributed by atoms with Crippen LogP contribution in [0.4, 0.5) is 0 Å². The molecule has 0 rings (SSSR count). The zero-order valence-electron chi connectivity index (χ0n) is 6.07. The van der Waals surface area contributed by atoms with E-state index in [0.29, 0.717) is 6.61 Å². The molecule has 0 amide bonds. The summed E-state index contributed by atoms with van der Waals surface area (Å²) in [6.07, 6.45) is 2.81. The van der Waals surface area contributed by atoms with Crippen LogP contribution in [0.1, 0.15) is 19.8 Å². The molecule has 0 heterocycles. The van der Waals surface area contributed by atoms with Gasteiger partial charge in [0.1, 0.15) is 0 Å². The van der Waals surface area contributed by atoms with Crippen LogP contribution in [0.15, 0.2) is 0 Å². The van der Waals surface area contributed by atoms with E-state index in [1.807, 2.05) is 6.92 Å². The molecule has 0 unspecified atom stereocenters. The van der Waals surface area contributed by atoms with Gasteiger partial charge < -0.3 is 0 Å². The predicted octanol–water partition coefficient (Wildman–Crippen LogP) is 0.760. The summed E-state index contributed by atoms with van der Waals surface area (Å²) < 4.78 is 25.0. The van der Waals surface area contributed by atoms with Crippen molar-refractivity contribution in [2.24, 2.45) is 0 Å². The maximum atomic E-state index is 10.3. The third-order valence-corrected chi connectivity index (χ3v) is 1.39. The Hall–Kier alpha value is 0.572. The maximum absolute atomic E-state index is 10.3. The summed E-state index contributed by atoms with van der Waals surface area (Å²) >= 11 is 0. The molecule has 10 heavy (non-hydrogen) atoms. The van der Waals surface area contributed by atoms with Crippen molar-refractivity contribution >= 4 is 10.1 Å². The molecule has 0 radical (unpaired) electrons.